The first-order chi connectivity index (χ1) is 10.7. The third-order valence-corrected chi connectivity index (χ3v) is 4.51. The van der Waals surface area contributed by atoms with Crippen LogP contribution in [0.5, 0.6) is 0 Å². The van der Waals surface area contributed by atoms with E-state index in [1.807, 2.05) is 31.2 Å². The standard InChI is InChI=1S/C16H13N3O2S/c1-10-11-6-2-3-8-13(11)22-14(10)16(21)19-18-15(20)12-7-4-5-9-17-12/h2-9H,1H3,(H,18,20)(H,19,21). The fraction of sp³-hybridized carbons (Fsp3) is 0.0625. The first-order valence-corrected chi connectivity index (χ1v) is 7.48. The van der Waals surface area contributed by atoms with E-state index in [2.05, 4.69) is 15.8 Å². The van der Waals surface area contributed by atoms with Gasteiger partial charge in [0.2, 0.25) is 0 Å². The molecular formula is C16H13N3O2S. The van der Waals surface area contributed by atoms with Crippen LogP contribution in [0.15, 0.2) is 48.7 Å². The van der Waals surface area contributed by atoms with E-state index in [9.17, 15) is 9.59 Å². The van der Waals surface area contributed by atoms with Gasteiger partial charge in [-0.2, -0.15) is 0 Å². The predicted octanol–water partition coefficient (Wildman–Crippen LogP) is 2.68. The number of hydrogen-bond acceptors (Lipinski definition) is 4. The highest BCUT2D eigenvalue weighted by Gasteiger charge is 2.16. The molecule has 22 heavy (non-hydrogen) atoms. The average molecular weight is 311 g/mol. The number of aryl methyl sites for hydroxylation is 1. The van der Waals surface area contributed by atoms with Gasteiger partial charge in [0.1, 0.15) is 5.69 Å². The van der Waals surface area contributed by atoms with E-state index in [4.69, 9.17) is 0 Å². The van der Waals surface area contributed by atoms with Gasteiger partial charge < -0.3 is 0 Å². The van der Waals surface area contributed by atoms with E-state index >= 15 is 0 Å². The summed E-state index contributed by atoms with van der Waals surface area (Å²) in [5.41, 5.74) is 5.96. The molecule has 0 radical (unpaired) electrons. The Morgan fingerprint density at radius 1 is 1.00 bits per heavy atom. The minimum Gasteiger partial charge on any atom is -0.266 e. The highest BCUT2D eigenvalue weighted by Crippen LogP contribution is 2.30. The Morgan fingerprint density at radius 2 is 1.73 bits per heavy atom. The second kappa shape index (κ2) is 5.95. The number of aromatic nitrogens is 1. The minimum absolute atomic E-state index is 0.246. The zero-order valence-electron chi connectivity index (χ0n) is 11.8. The molecule has 0 saturated carbocycles. The van der Waals surface area contributed by atoms with Gasteiger partial charge in [-0.3, -0.25) is 25.4 Å². The van der Waals surface area contributed by atoms with Crippen LogP contribution in [0.3, 0.4) is 0 Å². The lowest BCUT2D eigenvalue weighted by molar-refractivity contribution is 0.0846. The normalized spacial score (nSPS) is 10.4. The zero-order chi connectivity index (χ0) is 15.5. The van der Waals surface area contributed by atoms with Crippen LogP contribution >= 0.6 is 11.3 Å². The SMILES string of the molecule is Cc1c(C(=O)NNC(=O)c2ccccn2)sc2ccccc12. The van der Waals surface area contributed by atoms with Crippen molar-refractivity contribution in [1.29, 1.82) is 0 Å². The summed E-state index contributed by atoms with van der Waals surface area (Å²) in [5.74, 6) is -0.782. The molecule has 6 heteroatoms. The van der Waals surface area contributed by atoms with Crippen molar-refractivity contribution in [3.8, 4) is 0 Å². The maximum absolute atomic E-state index is 12.2. The number of thiophene rings is 1. The minimum atomic E-state index is -0.451. The van der Waals surface area contributed by atoms with Gasteiger partial charge in [0.15, 0.2) is 0 Å². The molecule has 3 aromatic rings. The first kappa shape index (κ1) is 14.2. The van der Waals surface area contributed by atoms with Crippen molar-refractivity contribution < 1.29 is 9.59 Å². The lowest BCUT2D eigenvalue weighted by atomic mass is 10.1. The number of carbonyl (C=O) groups excluding carboxylic acids is 2. The lowest BCUT2D eigenvalue weighted by Gasteiger charge is -2.06. The van der Waals surface area contributed by atoms with Crippen molar-refractivity contribution in [1.82, 2.24) is 15.8 Å². The summed E-state index contributed by atoms with van der Waals surface area (Å²) in [5, 5.41) is 1.05. The second-order valence-corrected chi connectivity index (χ2v) is 5.73. The van der Waals surface area contributed by atoms with E-state index < -0.39 is 5.91 Å². The molecule has 0 atom stereocenters. The van der Waals surface area contributed by atoms with Crippen molar-refractivity contribution in [2.45, 2.75) is 6.92 Å². The van der Waals surface area contributed by atoms with Gasteiger partial charge in [-0.1, -0.05) is 24.3 Å². The van der Waals surface area contributed by atoms with E-state index in [0.29, 0.717) is 4.88 Å². The Bertz CT molecular complexity index is 843. The number of carbonyl (C=O) groups is 2. The second-order valence-electron chi connectivity index (χ2n) is 4.68. The molecule has 110 valence electrons. The van der Waals surface area contributed by atoms with E-state index in [-0.39, 0.29) is 11.6 Å². The number of hydrazine groups is 1. The van der Waals surface area contributed by atoms with Crippen LogP contribution in [0.1, 0.15) is 25.7 Å². The molecule has 2 N–H and O–H groups in total. The van der Waals surface area contributed by atoms with Gasteiger partial charge >= 0.3 is 0 Å². The van der Waals surface area contributed by atoms with Crippen molar-refractivity contribution in [3.63, 3.8) is 0 Å². The lowest BCUT2D eigenvalue weighted by Crippen LogP contribution is -2.41. The zero-order valence-corrected chi connectivity index (χ0v) is 12.6. The molecule has 1 aromatic carbocycles. The van der Waals surface area contributed by atoms with E-state index in [0.717, 1.165) is 15.6 Å². The number of rotatable bonds is 2. The molecule has 2 heterocycles. The van der Waals surface area contributed by atoms with Crippen LogP contribution in [-0.2, 0) is 0 Å². The number of fused-ring (bicyclic) bond motifs is 1. The van der Waals surface area contributed by atoms with Crippen LogP contribution in [0.4, 0.5) is 0 Å². The van der Waals surface area contributed by atoms with Gasteiger partial charge in [-0.15, -0.1) is 11.3 Å². The highest BCUT2D eigenvalue weighted by molar-refractivity contribution is 7.21. The van der Waals surface area contributed by atoms with Crippen molar-refractivity contribution in [2.75, 3.05) is 0 Å². The van der Waals surface area contributed by atoms with Gasteiger partial charge in [0.05, 0.1) is 4.88 Å². The predicted molar refractivity (Wildman–Crippen MR) is 85.7 cm³/mol. The topological polar surface area (TPSA) is 71.1 Å². The molecule has 3 rings (SSSR count). The maximum Gasteiger partial charge on any atom is 0.288 e. The van der Waals surface area contributed by atoms with E-state index in [1.165, 1.54) is 17.5 Å². The quantitative estimate of drug-likeness (QED) is 0.715. The summed E-state index contributed by atoms with van der Waals surface area (Å²) in [6, 6.07) is 12.8. The summed E-state index contributed by atoms with van der Waals surface area (Å²) in [7, 11) is 0. The Kier molecular flexibility index (Phi) is 3.84. The molecule has 0 bridgehead atoms. The molecule has 0 unspecified atom stereocenters. The maximum atomic E-state index is 12.2. The monoisotopic (exact) mass is 311 g/mol. The van der Waals surface area contributed by atoms with Crippen LogP contribution < -0.4 is 10.9 Å². The molecule has 0 spiro atoms. The summed E-state index contributed by atoms with van der Waals surface area (Å²) < 4.78 is 1.04. The van der Waals surface area contributed by atoms with Gasteiger partial charge in [-0.25, -0.2) is 0 Å². The molecule has 0 saturated heterocycles. The molecule has 2 aromatic heterocycles. The Morgan fingerprint density at radius 3 is 2.45 bits per heavy atom. The van der Waals surface area contributed by atoms with Crippen molar-refractivity contribution >= 4 is 33.2 Å². The largest absolute Gasteiger partial charge is 0.288 e. The number of amides is 2. The van der Waals surface area contributed by atoms with Crippen molar-refractivity contribution in [3.05, 3.63) is 64.8 Å². The molecule has 0 aliphatic rings. The van der Waals surface area contributed by atoms with Gasteiger partial charge in [0, 0.05) is 10.9 Å². The summed E-state index contributed by atoms with van der Waals surface area (Å²) >= 11 is 1.40. The fourth-order valence-corrected chi connectivity index (χ4v) is 3.23. The van der Waals surface area contributed by atoms with Gasteiger partial charge in [-0.05, 0) is 36.1 Å². The number of pyridine rings is 1. The molecule has 2 amide bonds. The van der Waals surface area contributed by atoms with Crippen LogP contribution in [0.2, 0.25) is 0 Å². The molecule has 5 nitrogen and oxygen atoms in total. The fourth-order valence-electron chi connectivity index (χ4n) is 2.12. The number of nitrogens with one attached hydrogen (secondary N) is 2. The summed E-state index contributed by atoms with van der Waals surface area (Å²) in [6.45, 7) is 1.90. The number of nitrogens with zero attached hydrogens (tertiary/aromatic N) is 1. The average Bonchev–Trinajstić information content (AvgIpc) is 2.90. The van der Waals surface area contributed by atoms with Gasteiger partial charge in [0.25, 0.3) is 11.8 Å². The molecular weight excluding hydrogens is 298 g/mol. The number of benzene rings is 1. The van der Waals surface area contributed by atoms with Crippen LogP contribution in [-0.4, -0.2) is 16.8 Å². The smallest absolute Gasteiger partial charge is 0.266 e. The third kappa shape index (κ3) is 2.68. The summed E-state index contributed by atoms with van der Waals surface area (Å²) in [4.78, 5) is 28.6. The molecule has 0 aliphatic heterocycles. The molecule has 0 aliphatic carbocycles. The van der Waals surface area contributed by atoms with E-state index in [1.54, 1.807) is 18.2 Å². The Labute approximate surface area is 131 Å². The highest BCUT2D eigenvalue weighted by atomic mass is 32.1. The van der Waals surface area contributed by atoms with Crippen LogP contribution in [0.25, 0.3) is 10.1 Å². The summed E-state index contributed by atoms with van der Waals surface area (Å²) in [6.07, 6.45) is 1.52. The Balaban J connectivity index is 1.74. The Hall–Kier alpha value is -2.73. The first-order valence-electron chi connectivity index (χ1n) is 6.66. The van der Waals surface area contributed by atoms with Crippen LogP contribution in [0, 0.1) is 6.92 Å². The van der Waals surface area contributed by atoms with Crippen molar-refractivity contribution in [2.24, 2.45) is 0 Å². The molecule has 0 fully saturated rings. The third-order valence-electron chi connectivity index (χ3n) is 3.24. The number of hydrogen-bond donors (Lipinski definition) is 2.